The Morgan fingerprint density at radius 3 is 2.62 bits per heavy atom. The zero-order chi connectivity index (χ0) is 18.1. The summed E-state index contributed by atoms with van der Waals surface area (Å²) in [6.45, 7) is 1.87. The minimum absolute atomic E-state index is 0.202. The molecule has 4 rings (SSSR count). The van der Waals surface area contributed by atoms with E-state index in [-0.39, 0.29) is 11.9 Å². The molecule has 0 saturated carbocycles. The van der Waals surface area contributed by atoms with Crippen LogP contribution in [0.4, 0.5) is 11.6 Å². The van der Waals surface area contributed by atoms with Gasteiger partial charge in [-0.25, -0.2) is 4.68 Å². The van der Waals surface area contributed by atoms with Crippen LogP contribution in [-0.4, -0.2) is 20.7 Å². The standard InChI is InChI=1S/C19H16ClN5O/c1-12-16(18(26)24-15-9-7-14(20)8-10-15)17(13-5-3-2-4-6-13)25-19(23-12)21-11-22-25/h2-11,17H,1H3,(H,24,26)(H,21,22,23). The third kappa shape index (κ3) is 2.95. The summed E-state index contributed by atoms with van der Waals surface area (Å²) in [6.07, 6.45) is 1.48. The smallest absolute Gasteiger partial charge is 0.255 e. The first-order valence-corrected chi connectivity index (χ1v) is 8.50. The van der Waals surface area contributed by atoms with Gasteiger partial charge in [0.15, 0.2) is 0 Å². The van der Waals surface area contributed by atoms with Gasteiger partial charge in [0.25, 0.3) is 5.91 Å². The largest absolute Gasteiger partial charge is 0.328 e. The van der Waals surface area contributed by atoms with Gasteiger partial charge in [-0.2, -0.15) is 10.1 Å². The lowest BCUT2D eigenvalue weighted by molar-refractivity contribution is -0.113. The molecule has 130 valence electrons. The van der Waals surface area contributed by atoms with Gasteiger partial charge < -0.3 is 10.6 Å². The molecule has 2 aromatic carbocycles. The van der Waals surface area contributed by atoms with E-state index in [1.807, 2.05) is 37.3 Å². The molecule has 26 heavy (non-hydrogen) atoms. The van der Waals surface area contributed by atoms with Gasteiger partial charge in [0, 0.05) is 16.4 Å². The summed E-state index contributed by atoms with van der Waals surface area (Å²) in [7, 11) is 0. The summed E-state index contributed by atoms with van der Waals surface area (Å²) in [6, 6.07) is 16.4. The summed E-state index contributed by atoms with van der Waals surface area (Å²) in [5.41, 5.74) is 2.97. The molecule has 0 bridgehead atoms. The minimum atomic E-state index is -0.359. The predicted octanol–water partition coefficient (Wildman–Crippen LogP) is 3.86. The van der Waals surface area contributed by atoms with Crippen LogP contribution in [0, 0.1) is 0 Å². The van der Waals surface area contributed by atoms with Gasteiger partial charge in [-0.15, -0.1) is 0 Å². The minimum Gasteiger partial charge on any atom is -0.328 e. The molecule has 7 heteroatoms. The van der Waals surface area contributed by atoms with E-state index < -0.39 is 0 Å². The summed E-state index contributed by atoms with van der Waals surface area (Å²) in [4.78, 5) is 17.3. The maximum atomic E-state index is 13.1. The lowest BCUT2D eigenvalue weighted by Crippen LogP contribution is -2.31. The van der Waals surface area contributed by atoms with E-state index >= 15 is 0 Å². The van der Waals surface area contributed by atoms with Gasteiger partial charge in [-0.3, -0.25) is 4.79 Å². The molecule has 0 radical (unpaired) electrons. The van der Waals surface area contributed by atoms with Crippen LogP contribution in [0.1, 0.15) is 18.5 Å². The molecule has 0 saturated heterocycles. The lowest BCUT2D eigenvalue weighted by atomic mass is 9.95. The first-order chi connectivity index (χ1) is 12.6. The molecule has 1 atom stereocenters. The molecule has 2 N–H and O–H groups in total. The summed E-state index contributed by atoms with van der Waals surface area (Å²) in [5, 5.41) is 11.0. The normalized spacial score (nSPS) is 16.0. The Hall–Kier alpha value is -3.12. The molecule has 1 aliphatic rings. The number of rotatable bonds is 3. The molecule has 0 aliphatic carbocycles. The monoisotopic (exact) mass is 365 g/mol. The number of aromatic nitrogens is 3. The highest BCUT2D eigenvalue weighted by atomic mass is 35.5. The molecule has 1 unspecified atom stereocenters. The highest BCUT2D eigenvalue weighted by Crippen LogP contribution is 2.35. The average Bonchev–Trinajstić information content (AvgIpc) is 3.11. The van der Waals surface area contributed by atoms with Crippen LogP contribution in [-0.2, 0) is 4.79 Å². The van der Waals surface area contributed by atoms with Crippen LogP contribution >= 0.6 is 11.6 Å². The number of nitrogens with one attached hydrogen (secondary N) is 2. The van der Waals surface area contributed by atoms with Gasteiger partial charge in [0.2, 0.25) is 5.95 Å². The van der Waals surface area contributed by atoms with Crippen molar-refractivity contribution in [2.24, 2.45) is 0 Å². The number of fused-ring (bicyclic) bond motifs is 1. The van der Waals surface area contributed by atoms with Crippen LogP contribution in [0.25, 0.3) is 0 Å². The fourth-order valence-electron chi connectivity index (χ4n) is 3.06. The summed E-state index contributed by atoms with van der Waals surface area (Å²) < 4.78 is 1.72. The van der Waals surface area contributed by atoms with Crippen molar-refractivity contribution in [3.63, 3.8) is 0 Å². The lowest BCUT2D eigenvalue weighted by Gasteiger charge is -2.28. The molecule has 2 heterocycles. The third-order valence-corrected chi connectivity index (χ3v) is 4.51. The third-order valence-electron chi connectivity index (χ3n) is 4.26. The molecule has 0 fully saturated rings. The second kappa shape index (κ2) is 6.65. The molecule has 6 nitrogen and oxygen atoms in total. The SMILES string of the molecule is CC1=C(C(=O)Nc2ccc(Cl)cc2)C(c2ccccc2)n2ncnc2N1. The van der Waals surface area contributed by atoms with Crippen molar-refractivity contribution in [3.8, 4) is 0 Å². The second-order valence-electron chi connectivity index (χ2n) is 5.97. The first kappa shape index (κ1) is 16.4. The van der Waals surface area contributed by atoms with Crippen LogP contribution < -0.4 is 10.6 Å². The van der Waals surface area contributed by atoms with Gasteiger partial charge in [-0.1, -0.05) is 41.9 Å². The van der Waals surface area contributed by atoms with Gasteiger partial charge in [0.05, 0.1) is 5.57 Å². The van der Waals surface area contributed by atoms with E-state index in [0.717, 1.165) is 11.3 Å². The number of amides is 1. The predicted molar refractivity (Wildman–Crippen MR) is 101 cm³/mol. The number of benzene rings is 2. The Morgan fingerprint density at radius 1 is 1.15 bits per heavy atom. The van der Waals surface area contributed by atoms with Crippen LogP contribution in [0.15, 0.2) is 72.2 Å². The number of anilines is 2. The van der Waals surface area contributed by atoms with E-state index in [1.54, 1.807) is 28.9 Å². The van der Waals surface area contributed by atoms with Crippen molar-refractivity contribution in [3.05, 3.63) is 82.8 Å². The number of hydrogen-bond donors (Lipinski definition) is 2. The quantitative estimate of drug-likeness (QED) is 0.739. The molecule has 3 aromatic rings. The Kier molecular flexibility index (Phi) is 4.18. The van der Waals surface area contributed by atoms with E-state index in [1.165, 1.54) is 6.33 Å². The molecule has 1 aliphatic heterocycles. The summed E-state index contributed by atoms with van der Waals surface area (Å²) in [5.74, 6) is 0.409. The highest BCUT2D eigenvalue weighted by molar-refractivity contribution is 6.30. The van der Waals surface area contributed by atoms with Crippen molar-refractivity contribution in [2.45, 2.75) is 13.0 Å². The van der Waals surface area contributed by atoms with Gasteiger partial charge in [-0.05, 0) is 36.8 Å². The zero-order valence-electron chi connectivity index (χ0n) is 14.0. The average molecular weight is 366 g/mol. The number of hydrogen-bond acceptors (Lipinski definition) is 4. The zero-order valence-corrected chi connectivity index (χ0v) is 14.7. The van der Waals surface area contributed by atoms with E-state index in [9.17, 15) is 4.79 Å². The number of nitrogens with zero attached hydrogens (tertiary/aromatic N) is 3. The van der Waals surface area contributed by atoms with Crippen molar-refractivity contribution >= 4 is 29.1 Å². The first-order valence-electron chi connectivity index (χ1n) is 8.12. The second-order valence-corrected chi connectivity index (χ2v) is 6.40. The number of carbonyl (C=O) groups is 1. The molecular formula is C19H16ClN5O. The van der Waals surface area contributed by atoms with Crippen LogP contribution in [0.5, 0.6) is 0 Å². The van der Waals surface area contributed by atoms with E-state index in [2.05, 4.69) is 20.7 Å². The number of allylic oxidation sites excluding steroid dienone is 1. The fraction of sp³-hybridized carbons (Fsp3) is 0.105. The van der Waals surface area contributed by atoms with E-state index in [0.29, 0.717) is 22.2 Å². The Bertz CT molecular complexity index is 979. The maximum Gasteiger partial charge on any atom is 0.255 e. The Labute approximate surface area is 155 Å². The number of halogens is 1. The van der Waals surface area contributed by atoms with E-state index in [4.69, 9.17) is 11.6 Å². The molecule has 1 amide bonds. The van der Waals surface area contributed by atoms with Crippen molar-refractivity contribution in [1.29, 1.82) is 0 Å². The number of carbonyl (C=O) groups excluding carboxylic acids is 1. The van der Waals surface area contributed by atoms with Crippen molar-refractivity contribution in [1.82, 2.24) is 14.8 Å². The molecule has 0 spiro atoms. The topological polar surface area (TPSA) is 71.8 Å². The van der Waals surface area contributed by atoms with Gasteiger partial charge in [0.1, 0.15) is 12.4 Å². The molecule has 1 aromatic heterocycles. The van der Waals surface area contributed by atoms with Crippen molar-refractivity contribution in [2.75, 3.05) is 10.6 Å². The van der Waals surface area contributed by atoms with Gasteiger partial charge >= 0.3 is 0 Å². The summed E-state index contributed by atoms with van der Waals surface area (Å²) >= 11 is 5.92. The molecular weight excluding hydrogens is 350 g/mol. The maximum absolute atomic E-state index is 13.1. The van der Waals surface area contributed by atoms with Crippen LogP contribution in [0.3, 0.4) is 0 Å². The van der Waals surface area contributed by atoms with Crippen molar-refractivity contribution < 1.29 is 4.79 Å². The Balaban J connectivity index is 1.74. The highest BCUT2D eigenvalue weighted by Gasteiger charge is 2.33. The van der Waals surface area contributed by atoms with Crippen LogP contribution in [0.2, 0.25) is 5.02 Å². The Morgan fingerprint density at radius 2 is 1.88 bits per heavy atom. The fourth-order valence-corrected chi connectivity index (χ4v) is 3.19.